The topological polar surface area (TPSA) is 76.9 Å². The van der Waals surface area contributed by atoms with Gasteiger partial charge in [-0.25, -0.2) is 4.68 Å². The van der Waals surface area contributed by atoms with E-state index < -0.39 is 0 Å². The van der Waals surface area contributed by atoms with Crippen LogP contribution < -0.4 is 10.9 Å². The monoisotopic (exact) mass is 300 g/mol. The third-order valence-corrected chi connectivity index (χ3v) is 3.59. The van der Waals surface area contributed by atoms with Crippen molar-refractivity contribution in [2.45, 2.75) is 39.8 Å². The van der Waals surface area contributed by atoms with E-state index in [1.165, 1.54) is 4.68 Å². The molecule has 0 saturated heterocycles. The van der Waals surface area contributed by atoms with Crippen molar-refractivity contribution < 1.29 is 4.79 Å². The third-order valence-electron chi connectivity index (χ3n) is 3.59. The van der Waals surface area contributed by atoms with Gasteiger partial charge in [-0.15, -0.1) is 0 Å². The van der Waals surface area contributed by atoms with E-state index in [9.17, 15) is 9.59 Å². The summed E-state index contributed by atoms with van der Waals surface area (Å²) in [5.41, 5.74) is 2.32. The van der Waals surface area contributed by atoms with Gasteiger partial charge in [-0.3, -0.25) is 14.6 Å². The SMILES string of the molecule is CCc1c(C)cnn(CC(=O)N[C@H](C)c2ccncc2)c1=O. The number of nitrogens with zero attached hydrogens (tertiary/aromatic N) is 3. The first-order chi connectivity index (χ1) is 10.5. The number of carbonyl (C=O) groups is 1. The lowest BCUT2D eigenvalue weighted by atomic mass is 10.1. The number of aryl methyl sites for hydroxylation is 1. The summed E-state index contributed by atoms with van der Waals surface area (Å²) in [6.07, 6.45) is 5.61. The van der Waals surface area contributed by atoms with Crippen molar-refractivity contribution in [1.29, 1.82) is 0 Å². The number of nitrogens with one attached hydrogen (secondary N) is 1. The van der Waals surface area contributed by atoms with Crippen molar-refractivity contribution in [1.82, 2.24) is 20.1 Å². The predicted octanol–water partition coefficient (Wildman–Crippen LogP) is 1.39. The van der Waals surface area contributed by atoms with Crippen molar-refractivity contribution in [3.05, 3.63) is 57.8 Å². The van der Waals surface area contributed by atoms with E-state index in [4.69, 9.17) is 0 Å². The first kappa shape index (κ1) is 15.9. The Labute approximate surface area is 129 Å². The quantitative estimate of drug-likeness (QED) is 0.905. The second-order valence-electron chi connectivity index (χ2n) is 5.19. The van der Waals surface area contributed by atoms with Gasteiger partial charge in [0.2, 0.25) is 5.91 Å². The van der Waals surface area contributed by atoms with Gasteiger partial charge >= 0.3 is 0 Å². The minimum atomic E-state index is -0.246. The summed E-state index contributed by atoms with van der Waals surface area (Å²) in [5.74, 6) is -0.246. The Bertz CT molecular complexity index is 710. The zero-order valence-corrected chi connectivity index (χ0v) is 13.0. The van der Waals surface area contributed by atoms with Gasteiger partial charge in [-0.1, -0.05) is 6.92 Å². The van der Waals surface area contributed by atoms with E-state index in [2.05, 4.69) is 15.4 Å². The molecule has 6 nitrogen and oxygen atoms in total. The zero-order chi connectivity index (χ0) is 16.1. The smallest absolute Gasteiger partial charge is 0.270 e. The molecule has 0 aliphatic heterocycles. The highest BCUT2D eigenvalue weighted by atomic mass is 16.2. The van der Waals surface area contributed by atoms with Crippen molar-refractivity contribution in [3.8, 4) is 0 Å². The number of rotatable bonds is 5. The van der Waals surface area contributed by atoms with Gasteiger partial charge < -0.3 is 5.32 Å². The molecule has 1 amide bonds. The molecule has 2 aromatic heterocycles. The molecule has 1 N–H and O–H groups in total. The molecule has 0 bridgehead atoms. The van der Waals surface area contributed by atoms with Crippen LogP contribution in [0.5, 0.6) is 0 Å². The summed E-state index contributed by atoms with van der Waals surface area (Å²) < 4.78 is 1.21. The van der Waals surface area contributed by atoms with Crippen LogP contribution in [0, 0.1) is 6.92 Å². The molecule has 6 heteroatoms. The van der Waals surface area contributed by atoms with E-state index >= 15 is 0 Å². The van der Waals surface area contributed by atoms with Crippen molar-refractivity contribution in [2.75, 3.05) is 0 Å². The number of amides is 1. The van der Waals surface area contributed by atoms with Gasteiger partial charge in [0.25, 0.3) is 5.56 Å². The van der Waals surface area contributed by atoms with Gasteiger partial charge in [-0.05, 0) is 43.5 Å². The minimum Gasteiger partial charge on any atom is -0.348 e. The third kappa shape index (κ3) is 3.58. The molecule has 22 heavy (non-hydrogen) atoms. The number of carbonyl (C=O) groups excluding carboxylic acids is 1. The van der Waals surface area contributed by atoms with Gasteiger partial charge in [0.15, 0.2) is 0 Å². The molecule has 0 saturated carbocycles. The number of pyridine rings is 1. The normalized spacial score (nSPS) is 12.0. The van der Waals surface area contributed by atoms with Crippen LogP contribution in [-0.2, 0) is 17.8 Å². The highest BCUT2D eigenvalue weighted by Crippen LogP contribution is 2.09. The fraction of sp³-hybridized carbons (Fsp3) is 0.375. The maximum atomic E-state index is 12.2. The number of hydrogen-bond donors (Lipinski definition) is 1. The summed E-state index contributed by atoms with van der Waals surface area (Å²) in [5, 5.41) is 6.90. The van der Waals surface area contributed by atoms with Gasteiger partial charge in [0, 0.05) is 18.0 Å². The lowest BCUT2D eigenvalue weighted by molar-refractivity contribution is -0.122. The molecule has 0 aliphatic rings. The Morgan fingerprint density at radius 2 is 2.05 bits per heavy atom. The first-order valence-electron chi connectivity index (χ1n) is 7.27. The highest BCUT2D eigenvalue weighted by Gasteiger charge is 2.13. The predicted molar refractivity (Wildman–Crippen MR) is 83.4 cm³/mol. The Morgan fingerprint density at radius 1 is 1.36 bits per heavy atom. The Hall–Kier alpha value is -2.50. The fourth-order valence-electron chi connectivity index (χ4n) is 2.31. The molecule has 0 radical (unpaired) electrons. The Morgan fingerprint density at radius 3 is 2.68 bits per heavy atom. The van der Waals surface area contributed by atoms with Crippen LogP contribution in [0.1, 0.15) is 36.6 Å². The van der Waals surface area contributed by atoms with Crippen LogP contribution in [-0.4, -0.2) is 20.7 Å². The van der Waals surface area contributed by atoms with E-state index in [1.54, 1.807) is 18.6 Å². The van der Waals surface area contributed by atoms with Crippen LogP contribution in [0.25, 0.3) is 0 Å². The molecule has 2 aromatic rings. The second kappa shape index (κ2) is 6.98. The zero-order valence-electron chi connectivity index (χ0n) is 13.0. The lowest BCUT2D eigenvalue weighted by Gasteiger charge is -2.14. The Balaban J connectivity index is 2.08. The van der Waals surface area contributed by atoms with Crippen LogP contribution in [0.15, 0.2) is 35.5 Å². The summed E-state index contributed by atoms with van der Waals surface area (Å²) in [7, 11) is 0. The molecule has 0 aromatic carbocycles. The number of aromatic nitrogens is 3. The molecule has 0 aliphatic carbocycles. The van der Waals surface area contributed by atoms with E-state index in [0.29, 0.717) is 12.0 Å². The first-order valence-corrected chi connectivity index (χ1v) is 7.27. The maximum Gasteiger partial charge on any atom is 0.270 e. The molecule has 2 rings (SSSR count). The summed E-state index contributed by atoms with van der Waals surface area (Å²) in [6.45, 7) is 5.57. The summed E-state index contributed by atoms with van der Waals surface area (Å²) in [6, 6.07) is 3.54. The van der Waals surface area contributed by atoms with Crippen LogP contribution in [0.4, 0.5) is 0 Å². The van der Waals surface area contributed by atoms with Crippen molar-refractivity contribution >= 4 is 5.91 Å². The van der Waals surface area contributed by atoms with E-state index in [1.807, 2.05) is 32.9 Å². The number of hydrogen-bond acceptors (Lipinski definition) is 4. The largest absolute Gasteiger partial charge is 0.348 e. The van der Waals surface area contributed by atoms with Gasteiger partial charge in [0.05, 0.1) is 12.2 Å². The van der Waals surface area contributed by atoms with E-state index in [0.717, 1.165) is 11.1 Å². The molecular formula is C16H20N4O2. The molecule has 116 valence electrons. The minimum absolute atomic E-state index is 0.0818. The van der Waals surface area contributed by atoms with Crippen molar-refractivity contribution in [2.24, 2.45) is 0 Å². The average molecular weight is 300 g/mol. The van der Waals surface area contributed by atoms with Gasteiger partial charge in [-0.2, -0.15) is 5.10 Å². The molecule has 1 atom stereocenters. The van der Waals surface area contributed by atoms with Gasteiger partial charge in [0.1, 0.15) is 6.54 Å². The molecule has 0 spiro atoms. The van der Waals surface area contributed by atoms with Crippen molar-refractivity contribution in [3.63, 3.8) is 0 Å². The van der Waals surface area contributed by atoms with Crippen LogP contribution in [0.3, 0.4) is 0 Å². The standard InChI is InChI=1S/C16H20N4O2/c1-4-14-11(2)9-18-20(16(14)22)10-15(21)19-12(3)13-5-7-17-8-6-13/h5-9,12H,4,10H2,1-3H3,(H,19,21)/t12-/m1/s1. The summed E-state index contributed by atoms with van der Waals surface area (Å²) >= 11 is 0. The average Bonchev–Trinajstić information content (AvgIpc) is 2.51. The molecule has 0 unspecified atom stereocenters. The summed E-state index contributed by atoms with van der Waals surface area (Å²) in [4.78, 5) is 28.3. The molecule has 0 fully saturated rings. The Kier molecular flexibility index (Phi) is 5.04. The van der Waals surface area contributed by atoms with Crippen LogP contribution >= 0.6 is 0 Å². The van der Waals surface area contributed by atoms with E-state index in [-0.39, 0.29) is 24.1 Å². The fourth-order valence-corrected chi connectivity index (χ4v) is 2.31. The highest BCUT2D eigenvalue weighted by molar-refractivity contribution is 5.76. The second-order valence-corrected chi connectivity index (χ2v) is 5.19. The maximum absolute atomic E-state index is 12.2. The molecular weight excluding hydrogens is 280 g/mol. The molecule has 2 heterocycles. The van der Waals surface area contributed by atoms with Crippen LogP contribution in [0.2, 0.25) is 0 Å². The lowest BCUT2D eigenvalue weighted by Crippen LogP contribution is -2.36.